The van der Waals surface area contributed by atoms with Crippen molar-refractivity contribution in [3.8, 4) is 0 Å². The van der Waals surface area contributed by atoms with Crippen LogP contribution in [0.25, 0.3) is 0 Å². The summed E-state index contributed by atoms with van der Waals surface area (Å²) in [5.74, 6) is 2.65. The molecule has 39 heavy (non-hydrogen) atoms. The van der Waals surface area contributed by atoms with Gasteiger partial charge in [-0.05, 0) is 123 Å². The van der Waals surface area contributed by atoms with Gasteiger partial charge in [-0.1, -0.05) is 46.8 Å². The summed E-state index contributed by atoms with van der Waals surface area (Å²) in [5, 5.41) is 0. The zero-order valence-corrected chi connectivity index (χ0v) is 25.6. The Balaban J connectivity index is 1.36. The molecule has 0 N–H and O–H groups in total. The maximum atomic E-state index is 12.2. The maximum Gasteiger partial charge on any atom is 0.331 e. The summed E-state index contributed by atoms with van der Waals surface area (Å²) in [6, 6.07) is 0. The van der Waals surface area contributed by atoms with Gasteiger partial charge in [-0.15, -0.1) is 0 Å². The van der Waals surface area contributed by atoms with Crippen molar-refractivity contribution in [1.82, 2.24) is 0 Å². The Morgan fingerprint density at radius 1 is 0.897 bits per heavy atom. The predicted octanol–water partition coefficient (Wildman–Crippen LogP) is 8.06. The summed E-state index contributed by atoms with van der Waals surface area (Å²) in [6.07, 6.45) is 15.6. The molecule has 0 radical (unpaired) electrons. The van der Waals surface area contributed by atoms with E-state index in [1.54, 1.807) is 13.0 Å². The number of hydrogen-bond donors (Lipinski definition) is 0. The second kappa shape index (κ2) is 8.71. The fourth-order valence-electron chi connectivity index (χ4n) is 12.7. The monoisotopic (exact) mass is 536 g/mol. The molecule has 0 aromatic rings. The third kappa shape index (κ3) is 3.54. The van der Waals surface area contributed by atoms with Crippen LogP contribution >= 0.6 is 0 Å². The van der Waals surface area contributed by atoms with E-state index in [0.717, 1.165) is 25.7 Å². The first-order valence-corrected chi connectivity index (χ1v) is 15.9. The lowest BCUT2D eigenvalue weighted by atomic mass is 9.32. The quantitative estimate of drug-likeness (QED) is 0.270. The van der Waals surface area contributed by atoms with E-state index in [0.29, 0.717) is 29.6 Å². The lowest BCUT2D eigenvalue weighted by Gasteiger charge is -2.73. The Kier molecular flexibility index (Phi) is 6.16. The maximum absolute atomic E-state index is 12.2. The van der Waals surface area contributed by atoms with Gasteiger partial charge in [-0.3, -0.25) is 4.79 Å². The highest BCUT2D eigenvalue weighted by Gasteiger charge is 2.72. The molecule has 5 fully saturated rings. The molecule has 0 unspecified atom stereocenters. The van der Waals surface area contributed by atoms with E-state index in [-0.39, 0.29) is 51.2 Å². The van der Waals surface area contributed by atoms with Crippen LogP contribution in [-0.2, 0) is 19.1 Å². The van der Waals surface area contributed by atoms with Crippen LogP contribution in [0.1, 0.15) is 113 Å². The predicted molar refractivity (Wildman–Crippen MR) is 154 cm³/mol. The summed E-state index contributed by atoms with van der Waals surface area (Å²) in [7, 11) is 0. The molecule has 0 bridgehead atoms. The Morgan fingerprint density at radius 3 is 2.28 bits per heavy atom. The smallest absolute Gasteiger partial charge is 0.331 e. The molecule has 1 aliphatic heterocycles. The molecule has 0 saturated heterocycles. The highest BCUT2D eigenvalue weighted by atomic mass is 16.5. The minimum Gasteiger partial charge on any atom is -0.462 e. The average molecular weight is 537 g/mol. The molecule has 1 heterocycles. The molecule has 216 valence electrons. The minimum atomic E-state index is -0.158. The van der Waals surface area contributed by atoms with Gasteiger partial charge in [0.25, 0.3) is 0 Å². The Bertz CT molecular complexity index is 1100. The molecule has 0 amide bonds. The largest absolute Gasteiger partial charge is 0.462 e. The number of carbonyl (C=O) groups is 2. The summed E-state index contributed by atoms with van der Waals surface area (Å²) in [5.41, 5.74) is 2.19. The van der Waals surface area contributed by atoms with Gasteiger partial charge in [0.1, 0.15) is 12.2 Å². The molecule has 6 aliphatic rings. The van der Waals surface area contributed by atoms with E-state index in [1.165, 1.54) is 44.1 Å². The van der Waals surface area contributed by atoms with Gasteiger partial charge in [-0.25, -0.2) is 4.79 Å². The van der Waals surface area contributed by atoms with Gasteiger partial charge in [-0.2, -0.15) is 0 Å². The van der Waals surface area contributed by atoms with Crippen molar-refractivity contribution in [3.63, 3.8) is 0 Å². The van der Waals surface area contributed by atoms with Gasteiger partial charge in [0.05, 0.1) is 0 Å². The Morgan fingerprint density at radius 2 is 1.64 bits per heavy atom. The van der Waals surface area contributed by atoms with E-state index < -0.39 is 0 Å². The van der Waals surface area contributed by atoms with E-state index in [4.69, 9.17) is 9.47 Å². The van der Waals surface area contributed by atoms with Gasteiger partial charge in [0.2, 0.25) is 0 Å². The first kappa shape index (κ1) is 27.6. The van der Waals surface area contributed by atoms with Gasteiger partial charge in [0, 0.05) is 23.8 Å². The molecule has 4 heteroatoms. The Labute approximate surface area is 236 Å². The molecular formula is C35H52O4. The molecule has 0 aromatic heterocycles. The normalized spacial score (nSPS) is 51.7. The van der Waals surface area contributed by atoms with Crippen molar-refractivity contribution < 1.29 is 19.1 Å². The summed E-state index contributed by atoms with van der Waals surface area (Å²) < 4.78 is 11.9. The molecule has 5 saturated carbocycles. The fraction of sp³-hybridized carbons (Fsp3) is 0.829. The van der Waals surface area contributed by atoms with Gasteiger partial charge >= 0.3 is 11.9 Å². The number of ether oxygens (including phenoxy) is 2. The van der Waals surface area contributed by atoms with Crippen LogP contribution < -0.4 is 0 Å². The van der Waals surface area contributed by atoms with E-state index >= 15 is 0 Å². The van der Waals surface area contributed by atoms with Crippen molar-refractivity contribution in [2.45, 2.75) is 125 Å². The number of rotatable bonds is 3. The lowest BCUT2D eigenvalue weighted by Crippen LogP contribution is -2.67. The minimum absolute atomic E-state index is 0.00530. The summed E-state index contributed by atoms with van der Waals surface area (Å²) in [4.78, 5) is 24.2. The van der Waals surface area contributed by atoms with Crippen LogP contribution in [-0.4, -0.2) is 24.1 Å². The van der Waals surface area contributed by atoms with E-state index in [9.17, 15) is 9.59 Å². The highest BCUT2D eigenvalue weighted by Crippen LogP contribution is 2.78. The van der Waals surface area contributed by atoms with Crippen molar-refractivity contribution >= 4 is 11.9 Å². The molecule has 5 aliphatic carbocycles. The third-order valence-corrected chi connectivity index (χ3v) is 14.6. The zero-order chi connectivity index (χ0) is 28.2. The van der Waals surface area contributed by atoms with Gasteiger partial charge in [0.15, 0.2) is 0 Å². The van der Waals surface area contributed by atoms with E-state index in [2.05, 4.69) is 54.2 Å². The van der Waals surface area contributed by atoms with Crippen LogP contribution in [0.3, 0.4) is 0 Å². The second-order valence-corrected chi connectivity index (χ2v) is 16.1. The molecule has 6 rings (SSSR count). The number of fused-ring (bicyclic) bond motifs is 7. The third-order valence-electron chi connectivity index (χ3n) is 14.6. The van der Waals surface area contributed by atoms with Gasteiger partial charge < -0.3 is 9.47 Å². The number of cyclic esters (lactones) is 1. The zero-order valence-electron chi connectivity index (χ0n) is 25.6. The average Bonchev–Trinajstić information content (AvgIpc) is 3.46. The number of hydrogen-bond acceptors (Lipinski definition) is 4. The summed E-state index contributed by atoms with van der Waals surface area (Å²) >= 11 is 0. The fourth-order valence-corrected chi connectivity index (χ4v) is 12.7. The van der Waals surface area contributed by atoms with Crippen molar-refractivity contribution in [2.75, 3.05) is 0 Å². The molecule has 0 spiro atoms. The lowest BCUT2D eigenvalue weighted by molar-refractivity contribution is -0.254. The van der Waals surface area contributed by atoms with Crippen LogP contribution in [0.4, 0.5) is 0 Å². The van der Waals surface area contributed by atoms with Crippen molar-refractivity contribution in [2.24, 2.45) is 56.7 Å². The molecule has 11 atom stereocenters. The highest BCUT2D eigenvalue weighted by molar-refractivity contribution is 5.84. The van der Waals surface area contributed by atoms with Crippen LogP contribution in [0.2, 0.25) is 0 Å². The standard InChI is InChI=1S/C35H52O4/c1-21(2)23-13-18-35(28-11-12-29(37)39-28)20-19-33(7)24(30(23)35)9-10-26-32(6)16-15-27(38-22(3)36)31(4,5)25(32)14-17-34(26,33)8/h11-12,23-28,30H,1,9-10,13-20H2,2-8H3/t23-,24+,25-,26+,27-,28+,30+,32-,33+,34+,35+/m0/s1. The van der Waals surface area contributed by atoms with Crippen LogP contribution in [0, 0.1) is 56.7 Å². The van der Waals surface area contributed by atoms with Crippen molar-refractivity contribution in [1.29, 1.82) is 0 Å². The Hall–Kier alpha value is -1.58. The molecular weight excluding hydrogens is 484 g/mol. The van der Waals surface area contributed by atoms with Crippen LogP contribution in [0.5, 0.6) is 0 Å². The first-order chi connectivity index (χ1) is 18.2. The first-order valence-electron chi connectivity index (χ1n) is 15.9. The summed E-state index contributed by atoms with van der Waals surface area (Å²) in [6.45, 7) is 21.0. The number of carbonyl (C=O) groups excluding carboxylic acids is 2. The molecule has 0 aromatic carbocycles. The topological polar surface area (TPSA) is 52.6 Å². The second-order valence-electron chi connectivity index (χ2n) is 16.1. The number of esters is 2. The van der Waals surface area contributed by atoms with E-state index in [1.807, 2.05) is 0 Å². The van der Waals surface area contributed by atoms with Crippen LogP contribution in [0.15, 0.2) is 24.3 Å². The number of allylic oxidation sites excluding steroid dienone is 1. The molecule has 4 nitrogen and oxygen atoms in total. The van der Waals surface area contributed by atoms with Crippen molar-refractivity contribution in [3.05, 3.63) is 24.3 Å². The SMILES string of the molecule is C=C(C)[C@@H]1CC[C@]2([C@H]3C=CC(=O)O3)CC[C@]3(C)[C@H](CC[C@@H]4[C@@]5(C)CC[C@H](OC(C)=O)C(C)(C)[C@@H]5CC[C@]43C)[C@@H]12.